The van der Waals surface area contributed by atoms with E-state index in [9.17, 15) is 4.79 Å². The zero-order chi connectivity index (χ0) is 10.8. The fourth-order valence-corrected chi connectivity index (χ4v) is 2.01. The van der Waals surface area contributed by atoms with E-state index in [-0.39, 0.29) is 12.1 Å². The summed E-state index contributed by atoms with van der Waals surface area (Å²) >= 11 is 0. The number of aryl methyl sites for hydroxylation is 1. The van der Waals surface area contributed by atoms with Crippen LogP contribution in [0.2, 0.25) is 0 Å². The summed E-state index contributed by atoms with van der Waals surface area (Å²) in [5, 5.41) is 3.94. The zero-order valence-electron chi connectivity index (χ0n) is 9.14. The molecular formula is C11H16N2O2. The highest BCUT2D eigenvalue weighted by Gasteiger charge is 2.25. The van der Waals surface area contributed by atoms with E-state index in [0.29, 0.717) is 11.5 Å². The summed E-state index contributed by atoms with van der Waals surface area (Å²) in [5.41, 5.74) is 0.539. The van der Waals surface area contributed by atoms with Crippen molar-refractivity contribution < 1.29 is 9.53 Å². The highest BCUT2D eigenvalue weighted by molar-refractivity contribution is 5.88. The minimum Gasteiger partial charge on any atom is -0.459 e. The average Bonchev–Trinajstić information content (AvgIpc) is 2.75. The van der Waals surface area contributed by atoms with Crippen LogP contribution >= 0.6 is 0 Å². The number of aromatic nitrogens is 2. The van der Waals surface area contributed by atoms with Gasteiger partial charge in [-0.05, 0) is 25.2 Å². The molecule has 0 saturated heterocycles. The number of hydrogen-bond acceptors (Lipinski definition) is 3. The molecule has 0 N–H and O–H groups in total. The van der Waals surface area contributed by atoms with Crippen LogP contribution in [-0.4, -0.2) is 21.9 Å². The van der Waals surface area contributed by atoms with Crippen LogP contribution in [0.15, 0.2) is 12.4 Å². The fraction of sp³-hybridized carbons (Fsp3) is 0.636. The molecule has 0 spiro atoms. The lowest BCUT2D eigenvalue weighted by molar-refractivity contribution is 0.0311. The number of hydrogen-bond donors (Lipinski definition) is 0. The molecule has 1 aliphatic carbocycles. The third-order valence-electron chi connectivity index (χ3n) is 2.86. The minimum atomic E-state index is -0.248. The lowest BCUT2D eigenvalue weighted by Crippen LogP contribution is -2.14. The first kappa shape index (κ1) is 10.2. The first-order valence-electron chi connectivity index (χ1n) is 5.35. The molecule has 2 atom stereocenters. The van der Waals surface area contributed by atoms with Gasteiger partial charge in [0, 0.05) is 13.2 Å². The Kier molecular flexibility index (Phi) is 2.75. The van der Waals surface area contributed by atoms with Crippen LogP contribution in [0.3, 0.4) is 0 Å². The predicted molar refractivity (Wildman–Crippen MR) is 55.4 cm³/mol. The van der Waals surface area contributed by atoms with Gasteiger partial charge in [0.15, 0.2) is 0 Å². The van der Waals surface area contributed by atoms with Gasteiger partial charge in [0.05, 0.1) is 11.8 Å². The minimum absolute atomic E-state index is 0.104. The van der Waals surface area contributed by atoms with E-state index >= 15 is 0 Å². The average molecular weight is 208 g/mol. The van der Waals surface area contributed by atoms with Gasteiger partial charge in [-0.25, -0.2) is 4.79 Å². The fourth-order valence-electron chi connectivity index (χ4n) is 2.01. The van der Waals surface area contributed by atoms with Crippen molar-refractivity contribution in [2.24, 2.45) is 13.0 Å². The lowest BCUT2D eigenvalue weighted by atomic mass is 10.1. The first-order valence-corrected chi connectivity index (χ1v) is 5.35. The monoisotopic (exact) mass is 208 g/mol. The summed E-state index contributed by atoms with van der Waals surface area (Å²) in [6.07, 6.45) is 6.47. The van der Waals surface area contributed by atoms with E-state index in [1.54, 1.807) is 24.1 Å². The summed E-state index contributed by atoms with van der Waals surface area (Å²) < 4.78 is 6.99. The van der Waals surface area contributed by atoms with Gasteiger partial charge in [-0.15, -0.1) is 0 Å². The van der Waals surface area contributed by atoms with Crippen molar-refractivity contribution in [1.29, 1.82) is 0 Å². The van der Waals surface area contributed by atoms with E-state index in [0.717, 1.165) is 19.3 Å². The summed E-state index contributed by atoms with van der Waals surface area (Å²) in [5.74, 6) is 0.430. The van der Waals surface area contributed by atoms with E-state index in [1.807, 2.05) is 0 Å². The number of carbonyl (C=O) groups is 1. The van der Waals surface area contributed by atoms with Crippen LogP contribution in [0, 0.1) is 5.92 Å². The van der Waals surface area contributed by atoms with Gasteiger partial charge < -0.3 is 4.74 Å². The molecule has 0 aromatic carbocycles. The van der Waals surface area contributed by atoms with Crippen molar-refractivity contribution in [2.75, 3.05) is 0 Å². The van der Waals surface area contributed by atoms with Crippen molar-refractivity contribution in [1.82, 2.24) is 9.78 Å². The smallest absolute Gasteiger partial charge is 0.341 e. The standard InChI is InChI=1S/C11H16N2O2/c1-8-3-4-10(5-8)15-11(14)9-6-12-13(2)7-9/h6-8,10H,3-5H2,1-2H3/t8-,10+/m0/s1. The summed E-state index contributed by atoms with van der Waals surface area (Å²) in [7, 11) is 1.79. The van der Waals surface area contributed by atoms with Gasteiger partial charge in [-0.1, -0.05) is 6.92 Å². The zero-order valence-corrected chi connectivity index (χ0v) is 9.14. The maximum Gasteiger partial charge on any atom is 0.341 e. The Hall–Kier alpha value is -1.32. The third kappa shape index (κ3) is 2.37. The summed E-state index contributed by atoms with van der Waals surface area (Å²) in [6, 6.07) is 0. The number of nitrogens with zero attached hydrogens (tertiary/aromatic N) is 2. The number of esters is 1. The van der Waals surface area contributed by atoms with Crippen LogP contribution in [-0.2, 0) is 11.8 Å². The summed E-state index contributed by atoms with van der Waals surface area (Å²) in [6.45, 7) is 2.19. The molecule has 0 aliphatic heterocycles. The molecule has 4 nitrogen and oxygen atoms in total. The second-order valence-corrected chi connectivity index (χ2v) is 4.35. The van der Waals surface area contributed by atoms with Gasteiger partial charge in [0.1, 0.15) is 6.10 Å². The Labute approximate surface area is 89.2 Å². The lowest BCUT2D eigenvalue weighted by Gasteiger charge is -2.10. The van der Waals surface area contributed by atoms with Crippen LogP contribution in [0.4, 0.5) is 0 Å². The molecule has 1 saturated carbocycles. The highest BCUT2D eigenvalue weighted by atomic mass is 16.5. The molecule has 0 bridgehead atoms. The Morgan fingerprint density at radius 2 is 2.40 bits per heavy atom. The molecule has 0 unspecified atom stereocenters. The van der Waals surface area contributed by atoms with Gasteiger partial charge in [-0.3, -0.25) is 4.68 Å². The molecule has 0 amide bonds. The Morgan fingerprint density at radius 1 is 1.60 bits per heavy atom. The Morgan fingerprint density at radius 3 is 2.93 bits per heavy atom. The molecule has 15 heavy (non-hydrogen) atoms. The van der Waals surface area contributed by atoms with Gasteiger partial charge >= 0.3 is 5.97 Å². The van der Waals surface area contributed by atoms with Crippen molar-refractivity contribution in [3.05, 3.63) is 18.0 Å². The molecule has 1 aromatic heterocycles. The second-order valence-electron chi connectivity index (χ2n) is 4.35. The van der Waals surface area contributed by atoms with Gasteiger partial charge in [-0.2, -0.15) is 5.10 Å². The van der Waals surface area contributed by atoms with E-state index in [2.05, 4.69) is 12.0 Å². The number of rotatable bonds is 2. The molecule has 1 aromatic rings. The topological polar surface area (TPSA) is 44.1 Å². The predicted octanol–water partition coefficient (Wildman–Crippen LogP) is 1.77. The second kappa shape index (κ2) is 4.04. The summed E-state index contributed by atoms with van der Waals surface area (Å²) in [4.78, 5) is 11.6. The maximum atomic E-state index is 11.6. The van der Waals surface area contributed by atoms with Crippen molar-refractivity contribution in [3.8, 4) is 0 Å². The quantitative estimate of drug-likeness (QED) is 0.696. The molecular weight excluding hydrogens is 192 g/mol. The molecule has 82 valence electrons. The van der Waals surface area contributed by atoms with Crippen LogP contribution in [0.5, 0.6) is 0 Å². The van der Waals surface area contributed by atoms with E-state index in [1.165, 1.54) is 0 Å². The SMILES string of the molecule is C[C@H]1CC[C@@H](OC(=O)c2cnn(C)c2)C1. The molecule has 1 aliphatic rings. The molecule has 1 fully saturated rings. The van der Waals surface area contributed by atoms with E-state index < -0.39 is 0 Å². The molecule has 2 rings (SSSR count). The number of carbonyl (C=O) groups excluding carboxylic acids is 1. The van der Waals surface area contributed by atoms with Gasteiger partial charge in [0.25, 0.3) is 0 Å². The van der Waals surface area contributed by atoms with Crippen LogP contribution < -0.4 is 0 Å². The highest BCUT2D eigenvalue weighted by Crippen LogP contribution is 2.27. The van der Waals surface area contributed by atoms with Crippen molar-refractivity contribution in [2.45, 2.75) is 32.3 Å². The largest absolute Gasteiger partial charge is 0.459 e. The van der Waals surface area contributed by atoms with Gasteiger partial charge in [0.2, 0.25) is 0 Å². The maximum absolute atomic E-state index is 11.6. The molecule has 1 heterocycles. The van der Waals surface area contributed by atoms with Crippen LogP contribution in [0.1, 0.15) is 36.5 Å². The van der Waals surface area contributed by atoms with Crippen molar-refractivity contribution in [3.63, 3.8) is 0 Å². The molecule has 4 heteroatoms. The first-order chi connectivity index (χ1) is 7.15. The Bertz CT molecular complexity index is 359. The van der Waals surface area contributed by atoms with Crippen molar-refractivity contribution >= 4 is 5.97 Å². The third-order valence-corrected chi connectivity index (χ3v) is 2.86. The normalized spacial score (nSPS) is 25.5. The van der Waals surface area contributed by atoms with Crippen LogP contribution in [0.25, 0.3) is 0 Å². The molecule has 0 radical (unpaired) electrons. The number of ether oxygens (including phenoxy) is 1. The van der Waals surface area contributed by atoms with E-state index in [4.69, 9.17) is 4.74 Å². The Balaban J connectivity index is 1.92.